The van der Waals surface area contributed by atoms with Gasteiger partial charge in [-0.3, -0.25) is 0 Å². The van der Waals surface area contributed by atoms with Gasteiger partial charge in [0.2, 0.25) is 10.0 Å². The van der Waals surface area contributed by atoms with Crippen LogP contribution < -0.4 is 10.5 Å². The molecule has 0 bridgehead atoms. The smallest absolute Gasteiger partial charge is 0.241 e. The molecule has 0 fully saturated rings. The van der Waals surface area contributed by atoms with E-state index < -0.39 is 10.0 Å². The van der Waals surface area contributed by atoms with Crippen LogP contribution in [0, 0.1) is 34.6 Å². The highest BCUT2D eigenvalue weighted by atomic mass is 32.2. The zero-order chi connectivity index (χ0) is 15.0. The molecule has 0 aliphatic carbocycles. The zero-order valence-electron chi connectivity index (χ0n) is 12.6. The van der Waals surface area contributed by atoms with Gasteiger partial charge in [0.05, 0.1) is 4.90 Å². The maximum absolute atomic E-state index is 12.5. The molecule has 1 atom stereocenters. The Morgan fingerprint density at radius 1 is 0.947 bits per heavy atom. The number of nitrogens with one attached hydrogen (secondary N) is 1. The maximum Gasteiger partial charge on any atom is 0.241 e. The number of hydrogen-bond donors (Lipinski definition) is 2. The van der Waals surface area contributed by atoms with Crippen molar-refractivity contribution < 1.29 is 8.42 Å². The predicted octanol–water partition coefficient (Wildman–Crippen LogP) is 1.85. The molecular formula is C14H24N2O2S. The van der Waals surface area contributed by atoms with Crippen LogP contribution in [0.25, 0.3) is 0 Å². The van der Waals surface area contributed by atoms with E-state index in [0.29, 0.717) is 4.90 Å². The van der Waals surface area contributed by atoms with Gasteiger partial charge >= 0.3 is 0 Å². The molecule has 0 aliphatic rings. The summed E-state index contributed by atoms with van der Waals surface area (Å²) in [5, 5.41) is 0. The van der Waals surface area contributed by atoms with Crippen LogP contribution in [-0.4, -0.2) is 21.0 Å². The second-order valence-corrected chi connectivity index (χ2v) is 6.86. The van der Waals surface area contributed by atoms with E-state index in [2.05, 4.69) is 4.72 Å². The van der Waals surface area contributed by atoms with Crippen molar-refractivity contribution in [3.63, 3.8) is 0 Å². The summed E-state index contributed by atoms with van der Waals surface area (Å²) in [4.78, 5) is 0.397. The summed E-state index contributed by atoms with van der Waals surface area (Å²) in [7, 11) is -3.52. The number of benzene rings is 1. The van der Waals surface area contributed by atoms with Crippen LogP contribution in [0.4, 0.5) is 0 Å². The van der Waals surface area contributed by atoms with Crippen molar-refractivity contribution in [2.75, 3.05) is 6.54 Å². The van der Waals surface area contributed by atoms with Crippen LogP contribution in [0.2, 0.25) is 0 Å². The third-order valence-corrected chi connectivity index (χ3v) is 5.77. The van der Waals surface area contributed by atoms with Crippen LogP contribution in [-0.2, 0) is 10.0 Å². The third-order valence-electron chi connectivity index (χ3n) is 3.91. The molecule has 3 N–H and O–H groups in total. The highest BCUT2D eigenvalue weighted by Crippen LogP contribution is 2.29. The van der Waals surface area contributed by atoms with E-state index in [1.54, 1.807) is 6.92 Å². The quantitative estimate of drug-likeness (QED) is 0.886. The number of nitrogens with two attached hydrogens (primary N) is 1. The lowest BCUT2D eigenvalue weighted by Gasteiger charge is -2.20. The lowest BCUT2D eigenvalue weighted by Crippen LogP contribution is -2.38. The number of hydrogen-bond acceptors (Lipinski definition) is 3. The zero-order valence-corrected chi connectivity index (χ0v) is 13.4. The van der Waals surface area contributed by atoms with Gasteiger partial charge < -0.3 is 5.73 Å². The summed E-state index contributed by atoms with van der Waals surface area (Å²) >= 11 is 0. The molecule has 0 radical (unpaired) electrons. The van der Waals surface area contributed by atoms with Crippen molar-refractivity contribution in [2.45, 2.75) is 52.5 Å². The van der Waals surface area contributed by atoms with Crippen molar-refractivity contribution in [3.05, 3.63) is 27.8 Å². The first-order chi connectivity index (χ1) is 8.63. The van der Waals surface area contributed by atoms with E-state index in [1.165, 1.54) is 0 Å². The first-order valence-corrected chi connectivity index (χ1v) is 7.91. The Balaban J connectivity index is 3.52. The highest BCUT2D eigenvalue weighted by Gasteiger charge is 2.24. The summed E-state index contributed by atoms with van der Waals surface area (Å²) in [6, 6.07) is -0.272. The summed E-state index contributed by atoms with van der Waals surface area (Å²) in [5.74, 6) is 0. The van der Waals surface area contributed by atoms with Crippen molar-refractivity contribution in [1.29, 1.82) is 0 Å². The first-order valence-electron chi connectivity index (χ1n) is 6.42. The van der Waals surface area contributed by atoms with Crippen LogP contribution in [0.3, 0.4) is 0 Å². The van der Waals surface area contributed by atoms with Gasteiger partial charge in [0, 0.05) is 12.6 Å². The molecular weight excluding hydrogens is 260 g/mol. The molecule has 1 aromatic rings. The lowest BCUT2D eigenvalue weighted by molar-refractivity contribution is 0.561. The van der Waals surface area contributed by atoms with Gasteiger partial charge in [0.25, 0.3) is 0 Å². The molecule has 0 heterocycles. The van der Waals surface area contributed by atoms with Crippen molar-refractivity contribution in [3.8, 4) is 0 Å². The summed E-state index contributed by atoms with van der Waals surface area (Å²) in [6.45, 7) is 11.7. The Bertz CT molecular complexity index is 563. The van der Waals surface area contributed by atoms with Gasteiger partial charge in [-0.25, -0.2) is 13.1 Å². The van der Waals surface area contributed by atoms with Crippen LogP contribution >= 0.6 is 0 Å². The third kappa shape index (κ3) is 2.99. The van der Waals surface area contributed by atoms with Gasteiger partial charge in [0.1, 0.15) is 0 Å². The lowest BCUT2D eigenvalue weighted by atomic mass is 9.95. The number of rotatable bonds is 4. The summed E-state index contributed by atoms with van der Waals surface area (Å²) in [5.41, 5.74) is 10.3. The Kier molecular flexibility index (Phi) is 4.76. The van der Waals surface area contributed by atoms with Gasteiger partial charge in [-0.15, -0.1) is 0 Å². The average molecular weight is 284 g/mol. The fourth-order valence-corrected chi connectivity index (χ4v) is 4.10. The van der Waals surface area contributed by atoms with E-state index >= 15 is 0 Å². The molecule has 0 spiro atoms. The number of sulfonamides is 1. The maximum atomic E-state index is 12.5. The summed E-state index contributed by atoms with van der Waals surface area (Å²) < 4.78 is 27.6. The average Bonchev–Trinajstić information content (AvgIpc) is 2.33. The molecule has 0 aliphatic heterocycles. The molecule has 4 nitrogen and oxygen atoms in total. The molecule has 19 heavy (non-hydrogen) atoms. The predicted molar refractivity (Wildman–Crippen MR) is 79.0 cm³/mol. The van der Waals surface area contributed by atoms with Gasteiger partial charge in [-0.1, -0.05) is 0 Å². The molecule has 1 aromatic carbocycles. The Hall–Kier alpha value is -0.910. The van der Waals surface area contributed by atoms with Gasteiger partial charge in [0.15, 0.2) is 0 Å². The second kappa shape index (κ2) is 5.61. The van der Waals surface area contributed by atoms with Gasteiger partial charge in [-0.2, -0.15) is 0 Å². The van der Waals surface area contributed by atoms with Crippen LogP contribution in [0.1, 0.15) is 34.7 Å². The van der Waals surface area contributed by atoms with Crippen molar-refractivity contribution in [2.24, 2.45) is 5.73 Å². The van der Waals surface area contributed by atoms with Crippen molar-refractivity contribution >= 4 is 10.0 Å². The van der Waals surface area contributed by atoms with Crippen molar-refractivity contribution in [1.82, 2.24) is 4.72 Å². The molecule has 0 aromatic heterocycles. The van der Waals surface area contributed by atoms with Gasteiger partial charge in [-0.05, 0) is 69.4 Å². The standard InChI is InChI=1S/C14H24N2O2S/c1-8(7-15)16-19(17,18)14-12(5)10(3)9(2)11(4)13(14)6/h8,16H,7,15H2,1-6H3. The molecule has 1 unspecified atom stereocenters. The SMILES string of the molecule is Cc1c(C)c(C)c(S(=O)(=O)NC(C)CN)c(C)c1C. The fourth-order valence-electron chi connectivity index (χ4n) is 2.24. The van der Waals surface area contributed by atoms with E-state index in [4.69, 9.17) is 5.73 Å². The Morgan fingerprint density at radius 3 is 1.68 bits per heavy atom. The molecule has 108 valence electrons. The fraction of sp³-hybridized carbons (Fsp3) is 0.571. The second-order valence-electron chi connectivity index (χ2n) is 5.21. The van der Waals surface area contributed by atoms with E-state index in [1.807, 2.05) is 34.6 Å². The molecule has 1 rings (SSSR count). The molecule has 0 saturated heterocycles. The highest BCUT2D eigenvalue weighted by molar-refractivity contribution is 7.89. The largest absolute Gasteiger partial charge is 0.329 e. The minimum atomic E-state index is -3.52. The van der Waals surface area contributed by atoms with E-state index in [0.717, 1.165) is 27.8 Å². The van der Waals surface area contributed by atoms with E-state index in [9.17, 15) is 8.42 Å². The minimum Gasteiger partial charge on any atom is -0.329 e. The summed E-state index contributed by atoms with van der Waals surface area (Å²) in [6.07, 6.45) is 0. The first kappa shape index (κ1) is 16.1. The molecule has 5 heteroatoms. The van der Waals surface area contributed by atoms with Crippen LogP contribution in [0.5, 0.6) is 0 Å². The van der Waals surface area contributed by atoms with E-state index in [-0.39, 0.29) is 12.6 Å². The minimum absolute atomic E-state index is 0.272. The molecule has 0 saturated carbocycles. The topological polar surface area (TPSA) is 72.2 Å². The monoisotopic (exact) mass is 284 g/mol. The Morgan fingerprint density at radius 2 is 1.32 bits per heavy atom. The Labute approximate surface area is 116 Å². The van der Waals surface area contributed by atoms with Crippen LogP contribution in [0.15, 0.2) is 4.90 Å². The molecule has 0 amide bonds. The normalized spacial score (nSPS) is 13.6.